The van der Waals surface area contributed by atoms with E-state index in [9.17, 15) is 13.2 Å². The van der Waals surface area contributed by atoms with Crippen molar-refractivity contribution >= 4 is 17.2 Å². The molecule has 1 nitrogen and oxygen atoms in total. The van der Waals surface area contributed by atoms with E-state index in [2.05, 4.69) is 11.0 Å². The minimum Gasteiger partial charge on any atom is -0.295 e. The lowest BCUT2D eigenvalue weighted by molar-refractivity contribution is 0.239. The number of aryl methyl sites for hydroxylation is 1. The summed E-state index contributed by atoms with van der Waals surface area (Å²) in [6, 6.07) is 16.8. The minimum atomic E-state index is -0.620. The van der Waals surface area contributed by atoms with Crippen molar-refractivity contribution in [2.45, 2.75) is 25.7 Å². The van der Waals surface area contributed by atoms with Crippen molar-refractivity contribution in [2.75, 3.05) is 26.3 Å². The number of fused-ring (bicyclic) bond motifs is 1. The van der Waals surface area contributed by atoms with Crippen LogP contribution in [0.4, 0.5) is 17.6 Å². The monoisotopic (exact) mass is 477 g/mol. The highest BCUT2D eigenvalue weighted by atomic mass is 19.1. The average Bonchev–Trinajstić information content (AvgIpc) is 3.01. The topological polar surface area (TPSA) is 3.24 Å². The number of benzene rings is 3. The van der Waals surface area contributed by atoms with E-state index in [0.29, 0.717) is 36.1 Å². The number of halogens is 4. The predicted molar refractivity (Wildman–Crippen MR) is 133 cm³/mol. The van der Waals surface area contributed by atoms with Crippen LogP contribution in [-0.4, -0.2) is 31.2 Å². The summed E-state index contributed by atoms with van der Waals surface area (Å²) in [5.74, 6) is -1.57. The van der Waals surface area contributed by atoms with E-state index in [4.69, 9.17) is 0 Å². The Bertz CT molecular complexity index is 1300. The maximum Gasteiger partial charge on any atom is 0.133 e. The first-order valence-electron chi connectivity index (χ1n) is 12.1. The van der Waals surface area contributed by atoms with Gasteiger partial charge < -0.3 is 0 Å². The van der Waals surface area contributed by atoms with E-state index >= 15 is 4.39 Å². The van der Waals surface area contributed by atoms with Crippen LogP contribution in [0, 0.1) is 17.5 Å². The summed E-state index contributed by atoms with van der Waals surface area (Å²) in [7, 11) is 0. The maximum absolute atomic E-state index is 15.3. The van der Waals surface area contributed by atoms with E-state index in [1.165, 1.54) is 18.2 Å². The summed E-state index contributed by atoms with van der Waals surface area (Å²) >= 11 is 0. The molecule has 3 aromatic rings. The molecule has 1 saturated heterocycles. The third-order valence-electron chi connectivity index (χ3n) is 6.83. The molecule has 0 radical (unpaired) electrons. The molecule has 1 aliphatic carbocycles. The molecule has 0 atom stereocenters. The Balaban J connectivity index is 1.56. The van der Waals surface area contributed by atoms with Gasteiger partial charge in [0.1, 0.15) is 17.5 Å². The van der Waals surface area contributed by atoms with E-state index < -0.39 is 11.6 Å². The standard InChI is InChI=1S/C30H27F4N/c31-13-4-14-35-18-20(19-35)15-22-9-10-23(16-28(22)33)30-25-7-2-1-5-21(25)6-3-8-27(30)26-12-11-24(32)17-29(26)34/h1-2,5,7,9-12,15-17H,3-4,6,8,13-14,18-19H2. The second kappa shape index (κ2) is 10.2. The van der Waals surface area contributed by atoms with Crippen LogP contribution in [-0.2, 0) is 6.42 Å². The summed E-state index contributed by atoms with van der Waals surface area (Å²) in [6.07, 6.45) is 4.63. The zero-order valence-electron chi connectivity index (χ0n) is 19.5. The molecule has 180 valence electrons. The summed E-state index contributed by atoms with van der Waals surface area (Å²) in [6.45, 7) is 1.85. The van der Waals surface area contributed by atoms with Gasteiger partial charge in [0.15, 0.2) is 0 Å². The number of hydrogen-bond donors (Lipinski definition) is 0. The highest BCUT2D eigenvalue weighted by molar-refractivity contribution is 6.00. The van der Waals surface area contributed by atoms with Gasteiger partial charge in [-0.3, -0.25) is 9.29 Å². The van der Waals surface area contributed by atoms with E-state index in [1.807, 2.05) is 30.3 Å². The second-order valence-electron chi connectivity index (χ2n) is 9.28. The zero-order valence-corrected chi connectivity index (χ0v) is 19.5. The molecule has 2 aliphatic rings. The van der Waals surface area contributed by atoms with Crippen LogP contribution < -0.4 is 0 Å². The Morgan fingerprint density at radius 3 is 2.43 bits per heavy atom. The number of allylic oxidation sites excluding steroid dienone is 1. The Kier molecular flexibility index (Phi) is 6.87. The molecular weight excluding hydrogens is 450 g/mol. The number of rotatable bonds is 6. The Labute approximate surface area is 203 Å². The zero-order chi connectivity index (χ0) is 24.4. The van der Waals surface area contributed by atoms with E-state index in [-0.39, 0.29) is 12.5 Å². The molecule has 5 rings (SSSR count). The fourth-order valence-corrected chi connectivity index (χ4v) is 5.14. The smallest absolute Gasteiger partial charge is 0.133 e. The highest BCUT2D eigenvalue weighted by Crippen LogP contribution is 2.41. The van der Waals surface area contributed by atoms with Crippen LogP contribution in [0.25, 0.3) is 17.2 Å². The lowest BCUT2D eigenvalue weighted by Gasteiger charge is -2.33. The van der Waals surface area contributed by atoms with Gasteiger partial charge in [0, 0.05) is 36.8 Å². The first-order valence-corrected chi connectivity index (χ1v) is 12.1. The Morgan fingerprint density at radius 1 is 0.829 bits per heavy atom. The van der Waals surface area contributed by atoms with Crippen LogP contribution in [0.3, 0.4) is 0 Å². The van der Waals surface area contributed by atoms with Crippen molar-refractivity contribution in [1.29, 1.82) is 0 Å². The van der Waals surface area contributed by atoms with E-state index in [0.717, 1.165) is 59.8 Å². The second-order valence-corrected chi connectivity index (χ2v) is 9.28. The van der Waals surface area contributed by atoms with Gasteiger partial charge in [0.25, 0.3) is 0 Å². The van der Waals surface area contributed by atoms with Crippen molar-refractivity contribution in [3.8, 4) is 0 Å². The predicted octanol–water partition coefficient (Wildman–Crippen LogP) is 7.46. The van der Waals surface area contributed by atoms with Crippen LogP contribution in [0.15, 0.2) is 66.2 Å². The number of nitrogens with zero attached hydrogens (tertiary/aromatic N) is 1. The van der Waals surface area contributed by atoms with Crippen LogP contribution in [0.2, 0.25) is 0 Å². The molecule has 35 heavy (non-hydrogen) atoms. The molecule has 0 aromatic heterocycles. The maximum atomic E-state index is 15.3. The molecule has 1 heterocycles. The van der Waals surface area contributed by atoms with Crippen molar-refractivity contribution in [3.05, 3.63) is 112 Å². The molecule has 1 fully saturated rings. The number of likely N-dealkylation sites (tertiary alicyclic amines) is 1. The van der Waals surface area contributed by atoms with Crippen LogP contribution in [0.1, 0.15) is 47.1 Å². The minimum absolute atomic E-state index is 0.325. The summed E-state index contributed by atoms with van der Waals surface area (Å²) in [5.41, 5.74) is 6.30. The molecule has 5 heteroatoms. The van der Waals surface area contributed by atoms with Gasteiger partial charge in [-0.05, 0) is 77.3 Å². The van der Waals surface area contributed by atoms with Crippen LogP contribution in [0.5, 0.6) is 0 Å². The highest BCUT2D eigenvalue weighted by Gasteiger charge is 2.23. The van der Waals surface area contributed by atoms with Gasteiger partial charge in [-0.25, -0.2) is 13.2 Å². The summed E-state index contributed by atoms with van der Waals surface area (Å²) in [5, 5.41) is 0. The SMILES string of the molecule is FCCCN1CC(=Cc2ccc(C3=C(c4ccc(F)cc4F)CCCc4ccccc43)cc2F)C1. The lowest BCUT2D eigenvalue weighted by Crippen LogP contribution is -2.40. The van der Waals surface area contributed by atoms with Gasteiger partial charge in [-0.2, -0.15) is 0 Å². The van der Waals surface area contributed by atoms with Crippen molar-refractivity contribution < 1.29 is 17.6 Å². The first kappa shape index (κ1) is 23.6. The fraction of sp³-hybridized carbons (Fsp3) is 0.267. The Morgan fingerprint density at radius 2 is 1.66 bits per heavy atom. The molecule has 3 aromatic carbocycles. The summed E-state index contributed by atoms with van der Waals surface area (Å²) < 4.78 is 56.2. The van der Waals surface area contributed by atoms with Crippen molar-refractivity contribution in [1.82, 2.24) is 4.90 Å². The van der Waals surface area contributed by atoms with Gasteiger partial charge in [-0.15, -0.1) is 0 Å². The van der Waals surface area contributed by atoms with Crippen molar-refractivity contribution in [3.63, 3.8) is 0 Å². The fourth-order valence-electron chi connectivity index (χ4n) is 5.14. The molecule has 0 bridgehead atoms. The Hall–Kier alpha value is -3.18. The van der Waals surface area contributed by atoms with Crippen molar-refractivity contribution in [2.24, 2.45) is 0 Å². The third-order valence-corrected chi connectivity index (χ3v) is 6.83. The number of hydrogen-bond acceptors (Lipinski definition) is 1. The molecule has 1 aliphatic heterocycles. The van der Waals surface area contributed by atoms with Crippen LogP contribution >= 0.6 is 0 Å². The average molecular weight is 478 g/mol. The third kappa shape index (κ3) is 4.96. The largest absolute Gasteiger partial charge is 0.295 e. The molecule has 0 saturated carbocycles. The van der Waals surface area contributed by atoms with E-state index in [1.54, 1.807) is 6.07 Å². The van der Waals surface area contributed by atoms with Gasteiger partial charge in [0.2, 0.25) is 0 Å². The number of alkyl halides is 1. The van der Waals surface area contributed by atoms with Gasteiger partial charge in [-0.1, -0.05) is 42.5 Å². The molecule has 0 spiro atoms. The first-order chi connectivity index (χ1) is 17.0. The molecule has 0 amide bonds. The van der Waals surface area contributed by atoms with Gasteiger partial charge >= 0.3 is 0 Å². The molecular formula is C30H27F4N. The quantitative estimate of drug-likeness (QED) is 0.333. The molecule has 0 unspecified atom stereocenters. The normalized spacial score (nSPS) is 16.1. The summed E-state index contributed by atoms with van der Waals surface area (Å²) in [4.78, 5) is 2.13. The lowest BCUT2D eigenvalue weighted by atomic mass is 9.87. The van der Waals surface area contributed by atoms with Gasteiger partial charge in [0.05, 0.1) is 6.67 Å². The molecule has 0 N–H and O–H groups in total.